The average molecular weight is 486 g/mol. The molecule has 27 heavy (non-hydrogen) atoms. The standard InChI is InChI=1S/C16H35N4.3CH3.3ClH.Ti/c1-2-10-18-12-5-6-14-20-16-8-7-15-19-13-4-3-11-17-9-1;;;;;;;/h17-19H,1-16H2;3*1H3;3*1H;/q-1;;;;;;;+1. The maximum absolute atomic E-state index is 3.62. The van der Waals surface area contributed by atoms with Gasteiger partial charge in [-0.3, -0.25) is 0 Å². The van der Waals surface area contributed by atoms with Crippen molar-refractivity contribution < 1.29 is 16.8 Å². The Labute approximate surface area is 192 Å². The zero-order valence-corrected chi connectivity index (χ0v) is 22.0. The molecule has 1 fully saturated rings. The summed E-state index contributed by atoms with van der Waals surface area (Å²) in [7, 11) is 0. The van der Waals surface area contributed by atoms with Gasteiger partial charge in [0.1, 0.15) is 0 Å². The molecule has 0 radical (unpaired) electrons. The van der Waals surface area contributed by atoms with Crippen LogP contribution in [0, 0.1) is 0 Å². The first-order valence-electron chi connectivity index (χ1n) is 10.5. The van der Waals surface area contributed by atoms with Gasteiger partial charge < -0.3 is 0 Å². The number of nitrogens with one attached hydrogen (secondary N) is 3. The van der Waals surface area contributed by atoms with Crippen molar-refractivity contribution in [3.63, 3.8) is 0 Å². The Kier molecular flexibility index (Phi) is 27.1. The molecule has 0 aromatic rings. The third-order valence-corrected chi connectivity index (χ3v) is 8.59. The molecule has 0 bridgehead atoms. The molecule has 1 saturated heterocycles. The van der Waals surface area contributed by atoms with Gasteiger partial charge in [0.05, 0.1) is 0 Å². The summed E-state index contributed by atoms with van der Waals surface area (Å²) in [6.07, 6.45) is 10.6. The molecule has 168 valence electrons. The number of hydrogen-bond donors (Lipinski definition) is 3. The van der Waals surface area contributed by atoms with Crippen molar-refractivity contribution in [2.24, 2.45) is 0 Å². The van der Waals surface area contributed by atoms with Crippen LogP contribution in [0.5, 0.6) is 0 Å². The van der Waals surface area contributed by atoms with Crippen LogP contribution in [0.4, 0.5) is 0 Å². The Hall–Kier alpha value is 1.42. The summed E-state index contributed by atoms with van der Waals surface area (Å²) in [5.74, 6) is 0. The minimum absolute atomic E-state index is 0. The van der Waals surface area contributed by atoms with Crippen LogP contribution in [0.1, 0.15) is 51.4 Å². The Morgan fingerprint density at radius 2 is 0.741 bits per heavy atom. The zero-order valence-electron chi connectivity index (χ0n) is 18.0. The van der Waals surface area contributed by atoms with Crippen molar-refractivity contribution in [1.29, 1.82) is 0 Å². The van der Waals surface area contributed by atoms with Gasteiger partial charge in [0, 0.05) is 0 Å². The fourth-order valence-corrected chi connectivity index (χ4v) is 5.85. The van der Waals surface area contributed by atoms with Gasteiger partial charge in [0.2, 0.25) is 0 Å². The zero-order chi connectivity index (χ0) is 17.5. The SMILES string of the molecule is Cl.Cl.Cl.[CH3][Ti]([CH3])([CH3])[N]1CCCCNCCCCNCCCCNCCCC1. The molecule has 0 atom stereocenters. The quantitative estimate of drug-likeness (QED) is 0.472. The molecule has 0 spiro atoms. The van der Waals surface area contributed by atoms with E-state index in [-0.39, 0.29) is 37.2 Å². The van der Waals surface area contributed by atoms with Crippen LogP contribution in [0.2, 0.25) is 15.7 Å². The second kappa shape index (κ2) is 22.1. The first-order valence-corrected chi connectivity index (χ1v) is 15.9. The van der Waals surface area contributed by atoms with E-state index >= 15 is 0 Å². The molecule has 0 aromatic heterocycles. The average Bonchev–Trinajstić information content (AvgIpc) is 2.52. The molecule has 0 aromatic carbocycles. The number of rotatable bonds is 1. The van der Waals surface area contributed by atoms with Crippen molar-refractivity contribution in [3.8, 4) is 0 Å². The van der Waals surface area contributed by atoms with E-state index in [0.717, 1.165) is 0 Å². The summed E-state index contributed by atoms with van der Waals surface area (Å²) < 4.78 is 2.87. The molecule has 4 nitrogen and oxygen atoms in total. The fourth-order valence-electron chi connectivity index (χ4n) is 3.26. The molecule has 1 rings (SSSR count). The molecular formula is C19H47Cl3N4Ti. The van der Waals surface area contributed by atoms with Crippen molar-refractivity contribution in [1.82, 2.24) is 19.3 Å². The Morgan fingerprint density at radius 3 is 1.00 bits per heavy atom. The molecule has 1 aliphatic rings. The van der Waals surface area contributed by atoms with Crippen molar-refractivity contribution in [2.45, 2.75) is 67.1 Å². The Balaban J connectivity index is -0.00000192. The van der Waals surface area contributed by atoms with E-state index < -0.39 is 16.8 Å². The van der Waals surface area contributed by atoms with Crippen LogP contribution in [0.25, 0.3) is 0 Å². The summed E-state index contributed by atoms with van der Waals surface area (Å²) in [5.41, 5.74) is 0. The summed E-state index contributed by atoms with van der Waals surface area (Å²) in [6, 6.07) is 0. The normalized spacial score (nSPS) is 21.0. The molecule has 0 unspecified atom stereocenters. The van der Waals surface area contributed by atoms with Crippen LogP contribution in [0.3, 0.4) is 0 Å². The van der Waals surface area contributed by atoms with Gasteiger partial charge in [-0.1, -0.05) is 0 Å². The molecule has 0 saturated carbocycles. The topological polar surface area (TPSA) is 39.3 Å². The van der Waals surface area contributed by atoms with E-state index in [0.29, 0.717) is 0 Å². The molecular weight excluding hydrogens is 438 g/mol. The van der Waals surface area contributed by atoms with Crippen molar-refractivity contribution >= 4 is 37.2 Å². The molecule has 3 N–H and O–H groups in total. The molecule has 0 aliphatic carbocycles. The maximum atomic E-state index is 3.62. The van der Waals surface area contributed by atoms with Crippen LogP contribution in [-0.4, -0.2) is 55.7 Å². The van der Waals surface area contributed by atoms with Gasteiger partial charge in [0.25, 0.3) is 0 Å². The summed E-state index contributed by atoms with van der Waals surface area (Å²) in [5, 5.41) is 18.4. The van der Waals surface area contributed by atoms with Gasteiger partial charge in [0.15, 0.2) is 0 Å². The summed E-state index contributed by atoms with van der Waals surface area (Å²) in [4.78, 5) is 0. The summed E-state index contributed by atoms with van der Waals surface area (Å²) in [6.45, 7) is 9.78. The Morgan fingerprint density at radius 1 is 0.481 bits per heavy atom. The van der Waals surface area contributed by atoms with Crippen LogP contribution in [0.15, 0.2) is 0 Å². The van der Waals surface area contributed by atoms with Gasteiger partial charge in [-0.2, -0.15) is 0 Å². The van der Waals surface area contributed by atoms with Crippen LogP contribution in [-0.2, 0) is 16.8 Å². The van der Waals surface area contributed by atoms with E-state index in [2.05, 4.69) is 35.0 Å². The number of nitrogens with zero attached hydrogens (tertiary/aromatic N) is 1. The van der Waals surface area contributed by atoms with Crippen LogP contribution < -0.4 is 16.0 Å². The van der Waals surface area contributed by atoms with Gasteiger partial charge in [-0.15, -0.1) is 37.2 Å². The molecule has 1 aliphatic heterocycles. The second-order valence-electron chi connectivity index (χ2n) is 8.24. The monoisotopic (exact) mass is 484 g/mol. The van der Waals surface area contributed by atoms with Gasteiger partial charge >= 0.3 is 156 Å². The van der Waals surface area contributed by atoms with E-state index in [1.165, 1.54) is 104 Å². The van der Waals surface area contributed by atoms with Gasteiger partial charge in [-0.05, 0) is 0 Å². The number of halogens is 3. The van der Waals surface area contributed by atoms with E-state index in [1.807, 2.05) is 0 Å². The fraction of sp³-hybridized carbons (Fsp3) is 1.00. The minimum atomic E-state index is -1.67. The first-order chi connectivity index (χ1) is 11.6. The van der Waals surface area contributed by atoms with Crippen molar-refractivity contribution in [2.75, 3.05) is 52.4 Å². The predicted octanol–water partition coefficient (Wildman–Crippen LogP) is 4.67. The third kappa shape index (κ3) is 20.5. The van der Waals surface area contributed by atoms with Crippen molar-refractivity contribution in [3.05, 3.63) is 0 Å². The van der Waals surface area contributed by atoms with Crippen LogP contribution >= 0.6 is 37.2 Å². The third-order valence-electron chi connectivity index (χ3n) is 4.93. The van der Waals surface area contributed by atoms with Gasteiger partial charge in [-0.25, -0.2) is 0 Å². The molecule has 1 heterocycles. The van der Waals surface area contributed by atoms with E-state index in [1.54, 1.807) is 0 Å². The Bertz CT molecular complexity index is 275. The summed E-state index contributed by atoms with van der Waals surface area (Å²) >= 11 is -1.67. The molecule has 8 heteroatoms. The van der Waals surface area contributed by atoms with E-state index in [9.17, 15) is 0 Å². The molecule has 0 amide bonds. The first kappa shape index (κ1) is 33.1. The van der Waals surface area contributed by atoms with E-state index in [4.69, 9.17) is 0 Å². The predicted molar refractivity (Wildman–Crippen MR) is 126 cm³/mol. The second-order valence-corrected chi connectivity index (χ2v) is 16.0. The number of hydrogen-bond acceptors (Lipinski definition) is 4.